The Morgan fingerprint density at radius 2 is 1.88 bits per heavy atom. The van der Waals surface area contributed by atoms with Crippen LogP contribution in [0.5, 0.6) is 0 Å². The van der Waals surface area contributed by atoms with Crippen molar-refractivity contribution in [3.05, 3.63) is 55.1 Å². The minimum Gasteiger partial charge on any atom is -0.444 e. The lowest BCUT2D eigenvalue weighted by Gasteiger charge is -2.34. The first-order chi connectivity index (χ1) is 16.3. The van der Waals surface area contributed by atoms with Gasteiger partial charge in [-0.05, 0) is 63.4 Å². The lowest BCUT2D eigenvalue weighted by atomic mass is 10.0. The summed E-state index contributed by atoms with van der Waals surface area (Å²) in [5.41, 5.74) is 4.68. The van der Waals surface area contributed by atoms with E-state index in [1.54, 1.807) is 17.3 Å². The third-order valence-electron chi connectivity index (χ3n) is 6.16. The molecule has 176 valence electrons. The minimum atomic E-state index is -0.497. The molecule has 1 aliphatic heterocycles. The van der Waals surface area contributed by atoms with Crippen LogP contribution in [0.4, 0.5) is 4.79 Å². The van der Waals surface area contributed by atoms with Crippen LogP contribution in [-0.2, 0) is 11.8 Å². The van der Waals surface area contributed by atoms with Crippen LogP contribution in [0, 0.1) is 0 Å². The Balaban J connectivity index is 1.40. The summed E-state index contributed by atoms with van der Waals surface area (Å²) < 4.78 is 9.47. The quantitative estimate of drug-likeness (QED) is 0.428. The number of fused-ring (bicyclic) bond motifs is 1. The molecule has 4 aromatic rings. The Morgan fingerprint density at radius 1 is 1.09 bits per heavy atom. The van der Waals surface area contributed by atoms with Crippen molar-refractivity contribution in [2.24, 2.45) is 7.05 Å². The molecule has 8 heteroatoms. The van der Waals surface area contributed by atoms with E-state index in [9.17, 15) is 4.79 Å². The molecule has 0 N–H and O–H groups in total. The number of pyridine rings is 1. The van der Waals surface area contributed by atoms with Gasteiger partial charge in [0.1, 0.15) is 11.3 Å². The maximum atomic E-state index is 12.6. The normalized spacial score (nSPS) is 16.7. The number of ether oxygens (including phenoxy) is 1. The van der Waals surface area contributed by atoms with Crippen molar-refractivity contribution in [3.63, 3.8) is 0 Å². The fraction of sp³-hybridized carbons (Fsp3) is 0.385. The molecule has 4 heterocycles. The molecular formula is C26H30N6O2. The molecule has 1 saturated heterocycles. The van der Waals surface area contributed by atoms with Crippen molar-refractivity contribution < 1.29 is 9.53 Å². The molecule has 0 saturated carbocycles. The third-order valence-corrected chi connectivity index (χ3v) is 6.16. The van der Waals surface area contributed by atoms with Gasteiger partial charge in [0.05, 0.1) is 17.8 Å². The second-order valence-electron chi connectivity index (χ2n) is 9.87. The summed E-state index contributed by atoms with van der Waals surface area (Å²) >= 11 is 0. The summed E-state index contributed by atoms with van der Waals surface area (Å²) in [4.78, 5) is 18.5. The van der Waals surface area contributed by atoms with Crippen LogP contribution in [0.25, 0.3) is 33.3 Å². The maximum absolute atomic E-state index is 12.6. The fourth-order valence-electron chi connectivity index (χ4n) is 4.52. The van der Waals surface area contributed by atoms with Gasteiger partial charge in [-0.25, -0.2) is 4.79 Å². The molecule has 1 amide bonds. The topological polar surface area (TPSA) is 78.1 Å². The van der Waals surface area contributed by atoms with Crippen LogP contribution < -0.4 is 0 Å². The van der Waals surface area contributed by atoms with Crippen LogP contribution in [0.2, 0.25) is 0 Å². The lowest BCUT2D eigenvalue weighted by molar-refractivity contribution is 0.0167. The molecule has 0 radical (unpaired) electrons. The second kappa shape index (κ2) is 8.59. The number of aryl methyl sites for hydroxylation is 1. The molecule has 5 rings (SSSR count). The van der Waals surface area contributed by atoms with Gasteiger partial charge in [0.15, 0.2) is 0 Å². The van der Waals surface area contributed by atoms with Gasteiger partial charge in [0, 0.05) is 55.2 Å². The molecule has 1 aliphatic rings. The van der Waals surface area contributed by atoms with Gasteiger partial charge >= 0.3 is 6.09 Å². The molecule has 1 unspecified atom stereocenters. The van der Waals surface area contributed by atoms with Crippen molar-refractivity contribution in [2.75, 3.05) is 13.1 Å². The zero-order valence-corrected chi connectivity index (χ0v) is 20.1. The third kappa shape index (κ3) is 4.40. The van der Waals surface area contributed by atoms with Crippen LogP contribution in [-0.4, -0.2) is 54.2 Å². The van der Waals surface area contributed by atoms with Crippen molar-refractivity contribution in [1.29, 1.82) is 0 Å². The molecular weight excluding hydrogens is 428 g/mol. The smallest absolute Gasteiger partial charge is 0.410 e. The van der Waals surface area contributed by atoms with Gasteiger partial charge in [-0.2, -0.15) is 10.2 Å². The SMILES string of the molecule is Cn1nc(-c2ccncc2)c2cc(-c3cnn(C4CCCN(C(=O)OC(C)(C)C)C4)c3)ccc21. The highest BCUT2D eigenvalue weighted by atomic mass is 16.6. The number of amides is 1. The fourth-order valence-corrected chi connectivity index (χ4v) is 4.52. The maximum Gasteiger partial charge on any atom is 0.410 e. The molecule has 0 aliphatic carbocycles. The van der Waals surface area contributed by atoms with E-state index in [-0.39, 0.29) is 12.1 Å². The Hall–Kier alpha value is -3.68. The minimum absolute atomic E-state index is 0.129. The van der Waals surface area contributed by atoms with Gasteiger partial charge in [0.2, 0.25) is 0 Å². The number of hydrogen-bond donors (Lipinski definition) is 0. The second-order valence-corrected chi connectivity index (χ2v) is 9.87. The molecule has 0 spiro atoms. The van der Waals surface area contributed by atoms with Crippen LogP contribution >= 0.6 is 0 Å². The number of likely N-dealkylation sites (tertiary alicyclic amines) is 1. The summed E-state index contributed by atoms with van der Waals surface area (Å²) in [5.74, 6) is 0. The van der Waals surface area contributed by atoms with Gasteiger partial charge in [-0.15, -0.1) is 0 Å². The van der Waals surface area contributed by atoms with E-state index in [2.05, 4.69) is 34.5 Å². The molecule has 8 nitrogen and oxygen atoms in total. The number of nitrogens with zero attached hydrogens (tertiary/aromatic N) is 6. The number of carbonyl (C=O) groups excluding carboxylic acids is 1. The van der Waals surface area contributed by atoms with Crippen LogP contribution in [0.15, 0.2) is 55.1 Å². The van der Waals surface area contributed by atoms with Gasteiger partial charge < -0.3 is 9.64 Å². The number of rotatable bonds is 3. The summed E-state index contributed by atoms with van der Waals surface area (Å²) in [5, 5.41) is 10.5. The zero-order valence-electron chi connectivity index (χ0n) is 20.1. The van der Waals surface area contributed by atoms with Crippen molar-refractivity contribution in [3.8, 4) is 22.4 Å². The predicted octanol–water partition coefficient (Wildman–Crippen LogP) is 5.07. The number of hydrogen-bond acceptors (Lipinski definition) is 5. The molecule has 1 atom stereocenters. The number of aromatic nitrogens is 5. The molecule has 34 heavy (non-hydrogen) atoms. The van der Waals surface area contributed by atoms with Gasteiger partial charge in [0.25, 0.3) is 0 Å². The highest BCUT2D eigenvalue weighted by Crippen LogP contribution is 2.32. The van der Waals surface area contributed by atoms with Crippen LogP contribution in [0.1, 0.15) is 39.7 Å². The average molecular weight is 459 g/mol. The van der Waals surface area contributed by atoms with Crippen molar-refractivity contribution in [2.45, 2.75) is 45.3 Å². The van der Waals surface area contributed by atoms with E-state index < -0.39 is 5.60 Å². The van der Waals surface area contributed by atoms with E-state index in [4.69, 9.17) is 9.84 Å². The molecule has 1 fully saturated rings. The first-order valence-corrected chi connectivity index (χ1v) is 11.7. The predicted molar refractivity (Wildman–Crippen MR) is 131 cm³/mol. The Bertz CT molecular complexity index is 1320. The van der Waals surface area contributed by atoms with Gasteiger partial charge in [-0.3, -0.25) is 14.3 Å². The first kappa shape index (κ1) is 22.1. The number of piperidine rings is 1. The average Bonchev–Trinajstić information content (AvgIpc) is 3.44. The Kier molecular flexibility index (Phi) is 5.59. The number of carbonyl (C=O) groups is 1. The molecule has 1 aromatic carbocycles. The van der Waals surface area contributed by atoms with E-state index in [1.165, 1.54) is 0 Å². The van der Waals surface area contributed by atoms with Crippen molar-refractivity contribution >= 4 is 17.0 Å². The summed E-state index contributed by atoms with van der Waals surface area (Å²) in [6, 6.07) is 10.5. The lowest BCUT2D eigenvalue weighted by Crippen LogP contribution is -2.43. The summed E-state index contributed by atoms with van der Waals surface area (Å²) in [7, 11) is 1.96. The first-order valence-electron chi connectivity index (χ1n) is 11.7. The standard InChI is InChI=1S/C26H30N6O2/c1-26(2,3)34-25(33)31-13-5-6-21(17-31)32-16-20(15-28-32)19-7-8-23-22(14-19)24(29-30(23)4)18-9-11-27-12-10-18/h7-12,14-16,21H,5-6,13,17H2,1-4H3. The highest BCUT2D eigenvalue weighted by molar-refractivity contribution is 5.96. The van der Waals surface area contributed by atoms with E-state index in [0.717, 1.165) is 52.7 Å². The zero-order chi connectivity index (χ0) is 23.9. The monoisotopic (exact) mass is 458 g/mol. The van der Waals surface area contributed by atoms with E-state index >= 15 is 0 Å². The van der Waals surface area contributed by atoms with E-state index in [1.807, 2.05) is 55.5 Å². The van der Waals surface area contributed by atoms with Gasteiger partial charge in [-0.1, -0.05) is 6.07 Å². The number of benzene rings is 1. The largest absolute Gasteiger partial charge is 0.444 e. The Morgan fingerprint density at radius 3 is 2.65 bits per heavy atom. The van der Waals surface area contributed by atoms with Crippen LogP contribution in [0.3, 0.4) is 0 Å². The summed E-state index contributed by atoms with van der Waals surface area (Å²) in [6.45, 7) is 7.00. The van der Waals surface area contributed by atoms with Crippen molar-refractivity contribution in [1.82, 2.24) is 29.4 Å². The van der Waals surface area contributed by atoms with E-state index in [0.29, 0.717) is 6.54 Å². The molecule has 3 aromatic heterocycles. The highest BCUT2D eigenvalue weighted by Gasteiger charge is 2.29. The summed E-state index contributed by atoms with van der Waals surface area (Å²) in [6.07, 6.45) is 9.20. The molecule has 0 bridgehead atoms. The Labute approximate surface area is 199 Å².